The van der Waals surface area contributed by atoms with Crippen LogP contribution in [0.2, 0.25) is 0 Å². The molecule has 0 radical (unpaired) electrons. The molecule has 0 rings (SSSR count). The smallest absolute Gasteiger partial charge is 0.511 e. The summed E-state index contributed by atoms with van der Waals surface area (Å²) < 4.78 is 8.74. The Morgan fingerprint density at radius 2 is 1.17 bits per heavy atom. The molecule has 0 aliphatic rings. The molecule has 7 nitrogen and oxygen atoms in total. The normalized spacial score (nSPS) is 12.3. The molecule has 112 valence electrons. The Bertz CT molecular complexity index is 158. The summed E-state index contributed by atoms with van der Waals surface area (Å²) in [6.45, 7) is 5.07. The average molecular weight is 284 g/mol. The van der Waals surface area contributed by atoms with E-state index in [0.29, 0.717) is 13.1 Å². The third kappa shape index (κ3) is 36.1. The van der Waals surface area contributed by atoms with Crippen molar-refractivity contribution in [2.45, 2.75) is 51.7 Å². The van der Waals surface area contributed by atoms with Crippen molar-refractivity contribution in [2.75, 3.05) is 13.1 Å². The van der Waals surface area contributed by atoms with Crippen LogP contribution in [0.4, 0.5) is 0 Å². The van der Waals surface area contributed by atoms with Crippen molar-refractivity contribution in [1.82, 2.24) is 0 Å². The molecule has 0 saturated carbocycles. The zero-order chi connectivity index (χ0) is 15.0. The maximum Gasteiger partial charge on any atom is 0.761 e. The highest BCUT2D eigenvalue weighted by Crippen LogP contribution is 1.92. The van der Waals surface area contributed by atoms with Gasteiger partial charge < -0.3 is 31.3 Å². The molecule has 0 aromatic rings. The molecule has 0 amide bonds. The fourth-order valence-electron chi connectivity index (χ4n) is 0.793. The van der Waals surface area contributed by atoms with Crippen molar-refractivity contribution >= 4 is 9.17 Å². The van der Waals surface area contributed by atoms with E-state index in [4.69, 9.17) is 35.7 Å². The first-order valence-electron chi connectivity index (χ1n) is 6.03. The summed E-state index contributed by atoms with van der Waals surface area (Å²) in [5, 5.41) is 17.6. The minimum atomic E-state index is -3.13. The van der Waals surface area contributed by atoms with Crippen molar-refractivity contribution < 1.29 is 24.3 Å². The quantitative estimate of drug-likeness (QED) is 0.328. The van der Waals surface area contributed by atoms with E-state index in [0.717, 1.165) is 25.7 Å². The van der Waals surface area contributed by atoms with E-state index in [2.05, 4.69) is 0 Å². The van der Waals surface area contributed by atoms with Gasteiger partial charge in [0.15, 0.2) is 0 Å². The lowest BCUT2D eigenvalue weighted by atomic mass is 10.2. The van der Waals surface area contributed by atoms with Gasteiger partial charge in [0.2, 0.25) is 0 Å². The summed E-state index contributed by atoms with van der Waals surface area (Å²) in [6.07, 6.45) is 2.75. The lowest BCUT2D eigenvalue weighted by Gasteiger charge is -2.01. The van der Waals surface area contributed by atoms with Crippen LogP contribution >= 0.6 is 0 Å². The summed E-state index contributed by atoms with van der Waals surface area (Å²) in [4.78, 5) is 14.3. The molecule has 2 unspecified atom stereocenters. The van der Waals surface area contributed by atoms with E-state index >= 15 is 0 Å². The van der Waals surface area contributed by atoms with Crippen LogP contribution in [-0.2, 0) is 4.46 Å². The molecule has 18 heavy (non-hydrogen) atoms. The highest BCUT2D eigenvalue weighted by Gasteiger charge is 1.95. The van der Waals surface area contributed by atoms with Crippen LogP contribution < -0.4 is 11.5 Å². The second-order valence-electron chi connectivity index (χ2n) is 3.56. The highest BCUT2D eigenvalue weighted by molar-refractivity contribution is 6.22. The number of aliphatic hydroxyl groups is 2. The van der Waals surface area contributed by atoms with Crippen molar-refractivity contribution in [1.29, 1.82) is 0 Å². The summed E-state index contributed by atoms with van der Waals surface area (Å²) in [5.74, 6) is 0. The Hall–Kier alpha value is -0.543. The van der Waals surface area contributed by atoms with Crippen LogP contribution in [0.1, 0.15) is 39.5 Å². The Balaban J connectivity index is -0.000000196. The first-order valence-corrected chi connectivity index (χ1v) is 7.33. The predicted molar refractivity (Wildman–Crippen MR) is 70.8 cm³/mol. The molecular formula is C10H28N2O5Si. The maximum absolute atomic E-state index is 8.78. The van der Waals surface area contributed by atoms with E-state index in [9.17, 15) is 0 Å². The summed E-state index contributed by atoms with van der Waals surface area (Å²) in [5.41, 5.74) is 10.3. The van der Waals surface area contributed by atoms with Crippen LogP contribution in [0.15, 0.2) is 0 Å². The predicted octanol–water partition coefficient (Wildman–Crippen LogP) is -1.40. The van der Waals surface area contributed by atoms with Gasteiger partial charge in [0.05, 0.1) is 12.2 Å². The van der Waals surface area contributed by atoms with Crippen molar-refractivity contribution in [3.05, 3.63) is 0 Å². The van der Waals surface area contributed by atoms with Crippen molar-refractivity contribution in [2.24, 2.45) is 11.5 Å². The van der Waals surface area contributed by atoms with Gasteiger partial charge in [-0.05, 0) is 38.8 Å². The van der Waals surface area contributed by atoms with E-state index in [1.807, 2.05) is 13.8 Å². The van der Waals surface area contributed by atoms with Gasteiger partial charge in [-0.1, -0.05) is 13.8 Å². The zero-order valence-electron chi connectivity index (χ0n) is 11.2. The van der Waals surface area contributed by atoms with E-state index < -0.39 is 9.17 Å². The van der Waals surface area contributed by atoms with Crippen LogP contribution in [-0.4, -0.2) is 54.3 Å². The second kappa shape index (κ2) is 18.8. The molecule has 0 aromatic heterocycles. The molecule has 8 N–H and O–H groups in total. The van der Waals surface area contributed by atoms with Crippen LogP contribution in [0.25, 0.3) is 0 Å². The molecule has 0 saturated heterocycles. The molecule has 2 atom stereocenters. The van der Waals surface area contributed by atoms with Crippen LogP contribution in [0.3, 0.4) is 0 Å². The molecule has 0 bridgehead atoms. The second-order valence-corrected chi connectivity index (χ2v) is 4.13. The van der Waals surface area contributed by atoms with Gasteiger partial charge in [-0.15, -0.1) is 0 Å². The molecule has 0 aromatic carbocycles. The van der Waals surface area contributed by atoms with Gasteiger partial charge in [0, 0.05) is 0 Å². The molecule has 0 heterocycles. The first kappa shape index (κ1) is 22.6. The minimum absolute atomic E-state index is 0.176. The standard InChI is InChI=1S/2C5H13NO.H2O3Si/c2*1-2-5(7)3-4-6;1-4(2)3/h2*5,7H,2-4,6H2,1H3;1-2H. The zero-order valence-corrected chi connectivity index (χ0v) is 12.2. The monoisotopic (exact) mass is 284 g/mol. The third-order valence-corrected chi connectivity index (χ3v) is 1.94. The van der Waals surface area contributed by atoms with Gasteiger partial charge in [0.1, 0.15) is 0 Å². The summed E-state index contributed by atoms with van der Waals surface area (Å²) >= 11 is 0. The molecule has 0 fully saturated rings. The lowest BCUT2D eigenvalue weighted by molar-refractivity contribution is 0.162. The molecule has 8 heteroatoms. The minimum Gasteiger partial charge on any atom is -0.511 e. The Labute approximate surface area is 110 Å². The van der Waals surface area contributed by atoms with Gasteiger partial charge >= 0.3 is 9.17 Å². The van der Waals surface area contributed by atoms with Gasteiger partial charge in [-0.25, -0.2) is 0 Å². The topological polar surface area (TPSA) is 150 Å². The maximum atomic E-state index is 8.78. The Morgan fingerprint density at radius 3 is 1.22 bits per heavy atom. The number of aliphatic hydroxyl groups excluding tert-OH is 2. The van der Waals surface area contributed by atoms with Crippen LogP contribution in [0, 0.1) is 0 Å². The number of hydrogen-bond donors (Lipinski definition) is 6. The fourth-order valence-corrected chi connectivity index (χ4v) is 0.793. The van der Waals surface area contributed by atoms with Crippen molar-refractivity contribution in [3.8, 4) is 0 Å². The third-order valence-electron chi connectivity index (χ3n) is 1.94. The van der Waals surface area contributed by atoms with Gasteiger partial charge in [-0.3, -0.25) is 4.46 Å². The fraction of sp³-hybridized carbons (Fsp3) is 1.00. The SMILES string of the molecule is CCC(O)CCN.CCC(O)CCN.O=[Si](O)O. The Kier molecular flexibility index (Phi) is 23.6. The first-order chi connectivity index (χ1) is 8.35. The Morgan fingerprint density at radius 1 is 0.944 bits per heavy atom. The lowest BCUT2D eigenvalue weighted by Crippen LogP contribution is -2.11. The summed E-state index contributed by atoms with van der Waals surface area (Å²) in [7, 11) is -3.13. The largest absolute Gasteiger partial charge is 0.761 e. The molecule has 0 aliphatic heterocycles. The number of nitrogens with two attached hydrogens (primary N) is 2. The van der Waals surface area contributed by atoms with Gasteiger partial charge in [-0.2, -0.15) is 0 Å². The summed E-state index contributed by atoms with van der Waals surface area (Å²) in [6, 6.07) is 0. The highest BCUT2D eigenvalue weighted by atomic mass is 28.3. The average Bonchev–Trinajstić information content (AvgIpc) is 2.29. The molecule has 0 aliphatic carbocycles. The van der Waals surface area contributed by atoms with Crippen LogP contribution in [0.5, 0.6) is 0 Å². The van der Waals surface area contributed by atoms with Gasteiger partial charge in [0.25, 0.3) is 0 Å². The van der Waals surface area contributed by atoms with Crippen molar-refractivity contribution in [3.63, 3.8) is 0 Å². The van der Waals surface area contributed by atoms with E-state index in [-0.39, 0.29) is 12.2 Å². The molecule has 0 spiro atoms. The number of hydrogen-bond acceptors (Lipinski definition) is 5. The van der Waals surface area contributed by atoms with E-state index in [1.54, 1.807) is 0 Å². The molecular weight excluding hydrogens is 256 g/mol. The van der Waals surface area contributed by atoms with E-state index in [1.165, 1.54) is 0 Å². The number of rotatable bonds is 6.